The van der Waals surface area contributed by atoms with E-state index >= 15 is 0 Å². The van der Waals surface area contributed by atoms with Gasteiger partial charge in [-0.15, -0.1) is 0 Å². The first-order valence-corrected chi connectivity index (χ1v) is 35.6. The Morgan fingerprint density at radius 1 is 0.320 bits per heavy atom. The van der Waals surface area contributed by atoms with Crippen molar-refractivity contribution in [3.8, 4) is 39.1 Å². The van der Waals surface area contributed by atoms with Crippen LogP contribution in [0.5, 0.6) is 5.75 Å². The molecule has 13 aromatic carbocycles. The van der Waals surface area contributed by atoms with Crippen LogP contribution in [-0.2, 0) is 25.0 Å². The van der Waals surface area contributed by atoms with Gasteiger partial charge < -0.3 is 28.7 Å². The molecule has 0 aromatic heterocycles. The molecule has 0 bridgehead atoms. The van der Waals surface area contributed by atoms with Crippen LogP contribution in [0, 0.1) is 10.8 Å². The maximum Gasteiger partial charge on any atom is 0.119 e. The highest BCUT2D eigenvalue weighted by atomic mass is 16.5. The van der Waals surface area contributed by atoms with E-state index in [1.807, 2.05) is 0 Å². The molecule has 2 saturated heterocycles. The van der Waals surface area contributed by atoms with Gasteiger partial charge in [0.1, 0.15) is 5.75 Å². The molecular formula is C94H78N2O4. The van der Waals surface area contributed by atoms with Gasteiger partial charge in [0.05, 0.1) is 67.1 Å². The van der Waals surface area contributed by atoms with E-state index in [-0.39, 0.29) is 10.8 Å². The Morgan fingerprint density at radius 3 is 1.21 bits per heavy atom. The van der Waals surface area contributed by atoms with Crippen molar-refractivity contribution >= 4 is 55.7 Å². The summed E-state index contributed by atoms with van der Waals surface area (Å²) in [5.41, 5.74) is 22.8. The number of hydrogen-bond donors (Lipinski definition) is 0. The molecule has 0 saturated carbocycles. The van der Waals surface area contributed by atoms with Crippen LogP contribution in [0.3, 0.4) is 0 Å². The quantitative estimate of drug-likeness (QED) is 0.0804. The number of fused-ring (bicyclic) bond motifs is 8. The Balaban J connectivity index is 0.708. The number of benzene rings is 13. The first kappa shape index (κ1) is 61.3. The van der Waals surface area contributed by atoms with Crippen molar-refractivity contribution < 1.29 is 18.9 Å². The molecule has 0 N–H and O–H groups in total. The average molecular weight is 1300 g/mol. The van der Waals surface area contributed by atoms with Crippen LogP contribution in [0.1, 0.15) is 78.5 Å². The molecule has 3 aliphatic carbocycles. The highest BCUT2D eigenvalue weighted by Gasteiger charge is 2.50. The predicted molar refractivity (Wildman–Crippen MR) is 409 cm³/mol. The predicted octanol–water partition coefficient (Wildman–Crippen LogP) is 23.1. The fraction of sp³-hybridized carbons (Fsp3) is 0.170. The summed E-state index contributed by atoms with van der Waals surface area (Å²) in [5.74, 6) is 1.92. The molecule has 0 radical (unpaired) electrons. The van der Waals surface area contributed by atoms with Gasteiger partial charge in [-0.25, -0.2) is 0 Å². The maximum absolute atomic E-state index is 6.66. The number of rotatable bonds is 19. The minimum absolute atomic E-state index is 0.0706. The van der Waals surface area contributed by atoms with Crippen molar-refractivity contribution in [2.24, 2.45) is 10.8 Å². The fourth-order valence-electron chi connectivity index (χ4n) is 16.8. The minimum atomic E-state index is -0.657. The Morgan fingerprint density at radius 2 is 0.730 bits per heavy atom. The summed E-state index contributed by atoms with van der Waals surface area (Å²) in [4.78, 5) is 4.84. The minimum Gasteiger partial charge on any atom is -0.497 e. The summed E-state index contributed by atoms with van der Waals surface area (Å²) in [6.45, 7) is 8.83. The van der Waals surface area contributed by atoms with Gasteiger partial charge in [-0.3, -0.25) is 0 Å². The first-order chi connectivity index (χ1) is 49.3. The molecule has 2 heterocycles. The van der Waals surface area contributed by atoms with Crippen LogP contribution in [0.25, 0.3) is 54.9 Å². The van der Waals surface area contributed by atoms with E-state index in [0.717, 1.165) is 109 Å². The van der Waals surface area contributed by atoms with Gasteiger partial charge in [-0.05, 0) is 216 Å². The molecule has 0 spiro atoms. The van der Waals surface area contributed by atoms with Crippen LogP contribution in [0.15, 0.2) is 327 Å². The normalized spacial score (nSPS) is 18.1. The van der Waals surface area contributed by atoms with Crippen molar-refractivity contribution in [3.63, 3.8) is 0 Å². The third-order valence-corrected chi connectivity index (χ3v) is 22.7. The topological polar surface area (TPSA) is 43.4 Å². The van der Waals surface area contributed by atoms with Crippen molar-refractivity contribution in [2.45, 2.75) is 50.4 Å². The molecule has 2 unspecified atom stereocenters. The lowest BCUT2D eigenvalue weighted by Gasteiger charge is -2.41. The smallest absolute Gasteiger partial charge is 0.119 e. The van der Waals surface area contributed by atoms with E-state index < -0.39 is 10.8 Å². The fourth-order valence-corrected chi connectivity index (χ4v) is 16.8. The number of hydrogen-bond acceptors (Lipinski definition) is 6. The number of para-hydroxylation sites is 2. The molecule has 6 nitrogen and oxygen atoms in total. The molecule has 0 amide bonds. The molecule has 2 aliphatic heterocycles. The summed E-state index contributed by atoms with van der Waals surface area (Å²) >= 11 is 0. The molecule has 2 fully saturated rings. The Hall–Kier alpha value is -11.0. The summed E-state index contributed by atoms with van der Waals surface area (Å²) in [6.07, 6.45) is 8.41. The van der Waals surface area contributed by atoms with Gasteiger partial charge in [0.25, 0.3) is 0 Å². The zero-order valence-corrected chi connectivity index (χ0v) is 56.6. The lowest BCUT2D eigenvalue weighted by molar-refractivity contribution is -0.143. The van der Waals surface area contributed by atoms with Crippen molar-refractivity contribution in [1.82, 2.24) is 0 Å². The number of anilines is 6. The van der Waals surface area contributed by atoms with Crippen LogP contribution in [0.4, 0.5) is 34.1 Å². The number of nitrogens with zero attached hydrogens (tertiary/aromatic N) is 2. The van der Waals surface area contributed by atoms with Gasteiger partial charge in [0, 0.05) is 40.5 Å². The largest absolute Gasteiger partial charge is 0.497 e. The highest BCUT2D eigenvalue weighted by molar-refractivity contribution is 5.94. The second kappa shape index (κ2) is 25.1. The second-order valence-corrected chi connectivity index (χ2v) is 28.2. The summed E-state index contributed by atoms with van der Waals surface area (Å²) in [7, 11) is 0. The van der Waals surface area contributed by atoms with Crippen molar-refractivity contribution in [3.05, 3.63) is 366 Å². The van der Waals surface area contributed by atoms with Gasteiger partial charge in [-0.2, -0.15) is 0 Å². The summed E-state index contributed by atoms with van der Waals surface area (Å²) < 4.78 is 24.6. The molecule has 488 valence electrons. The van der Waals surface area contributed by atoms with Crippen LogP contribution in [-0.4, -0.2) is 39.6 Å². The van der Waals surface area contributed by atoms with E-state index in [9.17, 15) is 0 Å². The maximum atomic E-state index is 6.66. The second-order valence-electron chi connectivity index (χ2n) is 28.2. The molecule has 2 atom stereocenters. The monoisotopic (exact) mass is 1300 g/mol. The van der Waals surface area contributed by atoms with Crippen molar-refractivity contribution in [1.29, 1.82) is 0 Å². The zero-order valence-electron chi connectivity index (χ0n) is 56.6. The van der Waals surface area contributed by atoms with E-state index in [1.54, 1.807) is 0 Å². The SMILES string of the molecule is CCC1(COC2=CC=C(C3(c4ccc5ccccc5c4)c4ccccc4-c4ccc(N(c5ccccc5)c5ccc(-c6ccc(N(c7ccccc7)c7ccc8c(c7)C(c7ccc(OCC9(CC)COC9)cc7)(c7ccc9ccccc9c7)c7ccccc7-8)cc6)cc5)cc43)CC2)COC1. The molecule has 5 aliphatic rings. The molecule has 13 aromatic rings. The van der Waals surface area contributed by atoms with E-state index in [0.29, 0.717) is 13.2 Å². The average Bonchev–Trinajstić information content (AvgIpc) is 1.54. The van der Waals surface area contributed by atoms with E-state index in [4.69, 9.17) is 18.9 Å². The first-order valence-electron chi connectivity index (χ1n) is 35.6. The van der Waals surface area contributed by atoms with Gasteiger partial charge >= 0.3 is 0 Å². The standard InChI is InChI=1S/C94H78N2O4/c1-3-91(59-97-60-91)63-99-81-49-39-71(40-50-81)93(73-37-31-65-19-11-13-21-69(65)55-73)87-29-17-15-27-83(87)85-53-47-79(57-89(85)93)95(75-23-7-5-8-24-75)77-43-33-67(34-44-77)68-35-45-78(46-36-68)96(76-25-9-6-10-26-76)80-48-54-86-84-28-16-18-30-88(84)94(90(86)58-80,74-38-32-66-20-12-14-22-70(66)56-74)72-41-51-82(52-42-72)100-64-92(4-2)61-98-62-92/h5-41,43-51,53-58H,3-4,42,52,59-64H2,1-2H3. The Kier molecular flexibility index (Phi) is 15.4. The number of ether oxygens (including phenoxy) is 4. The molecule has 18 rings (SSSR count). The van der Waals surface area contributed by atoms with Crippen molar-refractivity contribution in [2.75, 3.05) is 49.4 Å². The van der Waals surface area contributed by atoms with Crippen LogP contribution >= 0.6 is 0 Å². The lowest BCUT2D eigenvalue weighted by Crippen LogP contribution is -2.46. The summed E-state index contributed by atoms with van der Waals surface area (Å²) in [6, 6.07) is 113. The Labute approximate surface area is 586 Å². The van der Waals surface area contributed by atoms with E-state index in [1.165, 1.54) is 88.3 Å². The third kappa shape index (κ3) is 10.2. The lowest BCUT2D eigenvalue weighted by atomic mass is 9.65. The van der Waals surface area contributed by atoms with Gasteiger partial charge in [-0.1, -0.05) is 232 Å². The molecule has 100 heavy (non-hydrogen) atoms. The van der Waals surface area contributed by atoms with Crippen LogP contribution in [0.2, 0.25) is 0 Å². The van der Waals surface area contributed by atoms with Crippen LogP contribution < -0.4 is 14.5 Å². The zero-order chi connectivity index (χ0) is 66.8. The Bertz CT molecular complexity index is 5290. The van der Waals surface area contributed by atoms with Gasteiger partial charge in [0.15, 0.2) is 0 Å². The van der Waals surface area contributed by atoms with Gasteiger partial charge in [0.2, 0.25) is 0 Å². The molecular weight excluding hydrogens is 1220 g/mol. The number of allylic oxidation sites excluding steroid dienone is 4. The molecule has 6 heteroatoms. The summed E-state index contributed by atoms with van der Waals surface area (Å²) in [5, 5.41) is 4.89. The van der Waals surface area contributed by atoms with E-state index in [2.05, 4.69) is 339 Å². The highest BCUT2D eigenvalue weighted by Crippen LogP contribution is 2.61. The third-order valence-electron chi connectivity index (χ3n) is 22.7.